The second kappa shape index (κ2) is 6.29. The van der Waals surface area contributed by atoms with Crippen molar-refractivity contribution in [3.05, 3.63) is 29.8 Å². The molecule has 0 spiro atoms. The number of carbonyl (C=O) groups excluding carboxylic acids is 2. The normalized spacial score (nSPS) is 26.2. The number of rotatable bonds is 3. The molecule has 6 nitrogen and oxygen atoms in total. The molecule has 2 saturated heterocycles. The number of likely N-dealkylation sites (tertiary alicyclic amines) is 1. The fourth-order valence-electron chi connectivity index (χ4n) is 3.54. The Kier molecular flexibility index (Phi) is 4.37. The van der Waals surface area contributed by atoms with Gasteiger partial charge < -0.3 is 15.5 Å². The van der Waals surface area contributed by atoms with E-state index in [2.05, 4.69) is 18.0 Å². The van der Waals surface area contributed by atoms with Crippen LogP contribution < -0.4 is 10.6 Å². The molecule has 2 aliphatic rings. The number of piperazine rings is 1. The van der Waals surface area contributed by atoms with Crippen LogP contribution in [0.15, 0.2) is 24.3 Å². The number of benzene rings is 1. The van der Waals surface area contributed by atoms with Crippen LogP contribution in [-0.2, 0) is 9.59 Å². The number of nitrogens with zero attached hydrogens (tertiary/aromatic N) is 3. The molecule has 2 fully saturated rings. The Bertz CT molecular complexity index is 618. The zero-order valence-corrected chi connectivity index (χ0v) is 13.7. The fourth-order valence-corrected chi connectivity index (χ4v) is 3.54. The monoisotopic (exact) mass is 316 g/mol. The third-order valence-electron chi connectivity index (χ3n) is 4.97. The van der Waals surface area contributed by atoms with Gasteiger partial charge in [-0.05, 0) is 43.6 Å². The van der Waals surface area contributed by atoms with E-state index in [1.165, 1.54) is 10.5 Å². The molecule has 2 N–H and O–H groups in total. The van der Waals surface area contributed by atoms with Gasteiger partial charge >= 0.3 is 11.8 Å². The molecule has 2 heterocycles. The van der Waals surface area contributed by atoms with Crippen LogP contribution >= 0.6 is 0 Å². The Morgan fingerprint density at radius 2 is 1.96 bits per heavy atom. The van der Waals surface area contributed by atoms with Gasteiger partial charge in [-0.15, -0.1) is 0 Å². The van der Waals surface area contributed by atoms with E-state index in [0.717, 1.165) is 18.7 Å². The van der Waals surface area contributed by atoms with Gasteiger partial charge in [0.2, 0.25) is 0 Å². The molecule has 1 aromatic carbocycles. The summed E-state index contributed by atoms with van der Waals surface area (Å²) < 4.78 is 0. The number of anilines is 1. The zero-order chi connectivity index (χ0) is 16.6. The van der Waals surface area contributed by atoms with Crippen molar-refractivity contribution in [2.75, 3.05) is 45.2 Å². The van der Waals surface area contributed by atoms with Gasteiger partial charge in [-0.2, -0.15) is 0 Å². The summed E-state index contributed by atoms with van der Waals surface area (Å²) >= 11 is 0. The van der Waals surface area contributed by atoms with Crippen molar-refractivity contribution >= 4 is 17.5 Å². The van der Waals surface area contributed by atoms with Crippen LogP contribution in [-0.4, -0.2) is 61.9 Å². The van der Waals surface area contributed by atoms with E-state index in [-0.39, 0.29) is 0 Å². The Hall–Kier alpha value is -1.92. The molecule has 2 amide bonds. The molecule has 2 aliphatic heterocycles. The minimum absolute atomic E-state index is 0.321. The molecule has 6 heteroatoms. The van der Waals surface area contributed by atoms with Crippen LogP contribution in [0.25, 0.3) is 0 Å². The summed E-state index contributed by atoms with van der Waals surface area (Å²) in [4.78, 5) is 29.5. The molecule has 124 valence electrons. The van der Waals surface area contributed by atoms with Crippen LogP contribution in [0.5, 0.6) is 0 Å². The fraction of sp³-hybridized carbons (Fsp3) is 0.529. The summed E-state index contributed by atoms with van der Waals surface area (Å²) in [7, 11) is 3.77. The number of likely N-dealkylation sites (N-methyl/N-ethyl adjacent to an activating group) is 1. The predicted molar refractivity (Wildman–Crippen MR) is 89.0 cm³/mol. The Morgan fingerprint density at radius 3 is 2.65 bits per heavy atom. The van der Waals surface area contributed by atoms with Gasteiger partial charge in [0.05, 0.1) is 0 Å². The first kappa shape index (κ1) is 16.0. The maximum Gasteiger partial charge on any atom is 0.316 e. The maximum absolute atomic E-state index is 12.2. The first-order valence-electron chi connectivity index (χ1n) is 8.08. The van der Waals surface area contributed by atoms with Crippen molar-refractivity contribution in [2.24, 2.45) is 11.7 Å². The maximum atomic E-state index is 12.2. The number of carbonyl (C=O) groups is 2. The average Bonchev–Trinajstić information content (AvgIpc) is 2.94. The molecule has 3 rings (SSSR count). The smallest absolute Gasteiger partial charge is 0.316 e. The molecule has 0 bridgehead atoms. The molecule has 1 aromatic rings. The standard InChI is InChI=1S/C17H24N4O2/c1-19-6-7-21(17(23)16(19)22)14-5-3-4-13(9-14)15-8-12(10-18)11-20(15)2/h3-5,9,12,15H,6-8,10-11,18H2,1-2H3. The number of nitrogens with two attached hydrogens (primary N) is 1. The lowest BCUT2D eigenvalue weighted by atomic mass is 9.99. The number of hydrogen-bond acceptors (Lipinski definition) is 4. The van der Waals surface area contributed by atoms with E-state index in [1.807, 2.05) is 18.2 Å². The van der Waals surface area contributed by atoms with E-state index in [1.54, 1.807) is 11.9 Å². The quantitative estimate of drug-likeness (QED) is 0.822. The van der Waals surface area contributed by atoms with Gasteiger partial charge in [0.1, 0.15) is 0 Å². The van der Waals surface area contributed by atoms with Crippen LogP contribution in [0.4, 0.5) is 5.69 Å². The van der Waals surface area contributed by atoms with E-state index in [9.17, 15) is 9.59 Å². The zero-order valence-electron chi connectivity index (χ0n) is 13.7. The van der Waals surface area contributed by atoms with Crippen molar-refractivity contribution in [3.8, 4) is 0 Å². The second-order valence-electron chi connectivity index (χ2n) is 6.57. The average molecular weight is 316 g/mol. The minimum Gasteiger partial charge on any atom is -0.336 e. The second-order valence-corrected chi connectivity index (χ2v) is 6.57. The first-order valence-corrected chi connectivity index (χ1v) is 8.08. The largest absolute Gasteiger partial charge is 0.336 e. The van der Waals surface area contributed by atoms with Crippen molar-refractivity contribution in [1.29, 1.82) is 0 Å². The van der Waals surface area contributed by atoms with Crippen molar-refractivity contribution in [2.45, 2.75) is 12.5 Å². The highest BCUT2D eigenvalue weighted by molar-refractivity contribution is 6.40. The lowest BCUT2D eigenvalue weighted by Gasteiger charge is -2.32. The highest BCUT2D eigenvalue weighted by Crippen LogP contribution is 2.35. The van der Waals surface area contributed by atoms with Gasteiger partial charge in [-0.25, -0.2) is 0 Å². The topological polar surface area (TPSA) is 69.9 Å². The van der Waals surface area contributed by atoms with Crippen molar-refractivity contribution in [3.63, 3.8) is 0 Å². The number of amides is 2. The summed E-state index contributed by atoms with van der Waals surface area (Å²) in [6.45, 7) is 2.80. The van der Waals surface area contributed by atoms with Gasteiger partial charge in [-0.3, -0.25) is 14.5 Å². The molecular formula is C17H24N4O2. The predicted octanol–water partition coefficient (Wildman–Crippen LogP) is 0.443. The first-order chi connectivity index (χ1) is 11.0. The molecule has 0 aliphatic carbocycles. The summed E-state index contributed by atoms with van der Waals surface area (Å²) in [6.07, 6.45) is 1.03. The molecule has 2 atom stereocenters. The van der Waals surface area contributed by atoms with Gasteiger partial charge in [0.25, 0.3) is 0 Å². The molecule has 0 aromatic heterocycles. The van der Waals surface area contributed by atoms with Crippen LogP contribution in [0.3, 0.4) is 0 Å². The lowest BCUT2D eigenvalue weighted by molar-refractivity contribution is -0.145. The van der Waals surface area contributed by atoms with E-state index < -0.39 is 11.8 Å². The highest BCUT2D eigenvalue weighted by Gasteiger charge is 2.33. The molecule has 2 unspecified atom stereocenters. The van der Waals surface area contributed by atoms with Crippen molar-refractivity contribution in [1.82, 2.24) is 9.80 Å². The Morgan fingerprint density at radius 1 is 1.17 bits per heavy atom. The van der Waals surface area contributed by atoms with E-state index in [4.69, 9.17) is 5.73 Å². The molecule has 23 heavy (non-hydrogen) atoms. The third kappa shape index (κ3) is 2.96. The van der Waals surface area contributed by atoms with E-state index >= 15 is 0 Å². The summed E-state index contributed by atoms with van der Waals surface area (Å²) in [6, 6.07) is 8.31. The van der Waals surface area contributed by atoms with Crippen LogP contribution in [0.1, 0.15) is 18.0 Å². The Labute approximate surface area is 136 Å². The lowest BCUT2D eigenvalue weighted by Crippen LogP contribution is -2.53. The van der Waals surface area contributed by atoms with E-state index in [0.29, 0.717) is 31.6 Å². The molecule has 0 radical (unpaired) electrons. The summed E-state index contributed by atoms with van der Waals surface area (Å²) in [5, 5.41) is 0. The SMILES string of the molecule is CN1CCN(c2cccc(C3CC(CN)CN3C)c2)C(=O)C1=O. The van der Waals surface area contributed by atoms with Crippen LogP contribution in [0, 0.1) is 5.92 Å². The van der Waals surface area contributed by atoms with Crippen molar-refractivity contribution < 1.29 is 9.59 Å². The Balaban J connectivity index is 1.83. The van der Waals surface area contributed by atoms with Gasteiger partial charge in [-0.1, -0.05) is 12.1 Å². The third-order valence-corrected chi connectivity index (χ3v) is 4.97. The highest BCUT2D eigenvalue weighted by atomic mass is 16.2. The van der Waals surface area contributed by atoms with Gasteiger partial charge in [0, 0.05) is 38.4 Å². The van der Waals surface area contributed by atoms with Gasteiger partial charge in [0.15, 0.2) is 0 Å². The number of hydrogen-bond donors (Lipinski definition) is 1. The minimum atomic E-state index is -0.449. The van der Waals surface area contributed by atoms with Crippen LogP contribution in [0.2, 0.25) is 0 Å². The summed E-state index contributed by atoms with van der Waals surface area (Å²) in [5.74, 6) is -0.376. The molecule has 0 saturated carbocycles. The summed E-state index contributed by atoms with van der Waals surface area (Å²) in [5.41, 5.74) is 7.79. The molecular weight excluding hydrogens is 292 g/mol.